The molecule has 0 atom stereocenters. The molecular formula is C20H10O3. The summed E-state index contributed by atoms with van der Waals surface area (Å²) in [7, 11) is 0. The number of hydrogen-bond donors (Lipinski definition) is 0. The summed E-state index contributed by atoms with van der Waals surface area (Å²) in [6.45, 7) is 0. The smallest absolute Gasteiger partial charge is 0.347 e. The molecule has 0 saturated carbocycles. The lowest BCUT2D eigenvalue weighted by molar-refractivity contribution is 0.0444. The van der Waals surface area contributed by atoms with Crippen molar-refractivity contribution in [2.45, 2.75) is 0 Å². The molecular weight excluding hydrogens is 288 g/mol. The minimum Gasteiger partial charge on any atom is -0.386 e. The Morgan fingerprint density at radius 1 is 0.609 bits per heavy atom. The van der Waals surface area contributed by atoms with E-state index in [4.69, 9.17) is 4.74 Å². The van der Waals surface area contributed by atoms with Gasteiger partial charge in [-0.05, 0) is 62.6 Å². The molecule has 1 aliphatic rings. The van der Waals surface area contributed by atoms with Crippen molar-refractivity contribution >= 4 is 44.3 Å². The lowest BCUT2D eigenvalue weighted by Crippen LogP contribution is -1.97. The second kappa shape index (κ2) is 4.17. The number of benzene rings is 4. The Morgan fingerprint density at radius 3 is 2.00 bits per heavy atom. The Morgan fingerprint density at radius 2 is 1.26 bits per heavy atom. The van der Waals surface area contributed by atoms with Crippen LogP contribution < -0.4 is 0 Å². The molecule has 3 nitrogen and oxygen atoms in total. The van der Waals surface area contributed by atoms with E-state index >= 15 is 0 Å². The van der Waals surface area contributed by atoms with E-state index < -0.39 is 11.9 Å². The summed E-state index contributed by atoms with van der Waals surface area (Å²) in [4.78, 5) is 23.7. The molecule has 4 aromatic carbocycles. The Labute approximate surface area is 131 Å². The van der Waals surface area contributed by atoms with Gasteiger partial charge in [-0.1, -0.05) is 30.3 Å². The summed E-state index contributed by atoms with van der Waals surface area (Å²) in [5.41, 5.74) is 0.727. The zero-order valence-electron chi connectivity index (χ0n) is 12.0. The van der Waals surface area contributed by atoms with Crippen LogP contribution in [0, 0.1) is 0 Å². The summed E-state index contributed by atoms with van der Waals surface area (Å²) >= 11 is 0. The van der Waals surface area contributed by atoms with Crippen molar-refractivity contribution in [3.8, 4) is 0 Å². The largest absolute Gasteiger partial charge is 0.386 e. The third kappa shape index (κ3) is 1.64. The van der Waals surface area contributed by atoms with E-state index in [1.807, 2.05) is 30.3 Å². The van der Waals surface area contributed by atoms with Crippen molar-refractivity contribution in [1.82, 2.24) is 0 Å². The van der Waals surface area contributed by atoms with E-state index in [9.17, 15) is 9.59 Å². The normalized spacial score (nSPS) is 13.7. The van der Waals surface area contributed by atoms with Gasteiger partial charge in [0.2, 0.25) is 0 Å². The van der Waals surface area contributed by atoms with Crippen LogP contribution in [0.5, 0.6) is 0 Å². The molecule has 0 N–H and O–H groups in total. The fourth-order valence-electron chi connectivity index (χ4n) is 3.35. The standard InChI is InChI=1S/C20H10O3/c21-19-16-6-5-13-9-14-7-11-3-1-2-4-12(11)8-15(14)10-17(13)18(16)20(22)23-19/h1-10H. The molecule has 4 aromatic rings. The molecule has 5 rings (SSSR count). The van der Waals surface area contributed by atoms with Gasteiger partial charge in [0.05, 0.1) is 11.1 Å². The van der Waals surface area contributed by atoms with Crippen molar-refractivity contribution < 1.29 is 14.3 Å². The van der Waals surface area contributed by atoms with Crippen LogP contribution in [0.25, 0.3) is 32.3 Å². The first-order valence-corrected chi connectivity index (χ1v) is 7.36. The van der Waals surface area contributed by atoms with Crippen LogP contribution in [-0.2, 0) is 4.74 Å². The summed E-state index contributed by atoms with van der Waals surface area (Å²) in [6.07, 6.45) is 0. The number of cyclic esters (lactones) is 2. The zero-order chi connectivity index (χ0) is 15.6. The van der Waals surface area contributed by atoms with Gasteiger partial charge in [0, 0.05) is 0 Å². The second-order valence-electron chi connectivity index (χ2n) is 5.78. The Hall–Kier alpha value is -3.20. The van der Waals surface area contributed by atoms with Crippen LogP contribution in [0.15, 0.2) is 60.7 Å². The topological polar surface area (TPSA) is 43.4 Å². The van der Waals surface area contributed by atoms with Crippen molar-refractivity contribution in [2.75, 3.05) is 0 Å². The van der Waals surface area contributed by atoms with Crippen LogP contribution in [0.3, 0.4) is 0 Å². The van der Waals surface area contributed by atoms with E-state index in [-0.39, 0.29) is 0 Å². The van der Waals surface area contributed by atoms with Crippen LogP contribution >= 0.6 is 0 Å². The highest BCUT2D eigenvalue weighted by Gasteiger charge is 2.31. The predicted octanol–water partition coefficient (Wildman–Crippen LogP) is 4.46. The van der Waals surface area contributed by atoms with Gasteiger partial charge >= 0.3 is 11.9 Å². The van der Waals surface area contributed by atoms with Crippen molar-refractivity contribution in [1.29, 1.82) is 0 Å². The molecule has 0 saturated heterocycles. The number of carbonyl (C=O) groups is 2. The number of rotatable bonds is 0. The molecule has 0 aromatic heterocycles. The average molecular weight is 298 g/mol. The van der Waals surface area contributed by atoms with Gasteiger partial charge < -0.3 is 4.74 Å². The number of hydrogen-bond acceptors (Lipinski definition) is 3. The first kappa shape index (κ1) is 12.4. The molecule has 0 spiro atoms. The van der Waals surface area contributed by atoms with Crippen LogP contribution in [0.2, 0.25) is 0 Å². The molecule has 0 aliphatic carbocycles. The lowest BCUT2D eigenvalue weighted by atomic mass is 9.95. The Kier molecular flexibility index (Phi) is 2.24. The fraction of sp³-hybridized carbons (Fsp3) is 0. The molecule has 0 unspecified atom stereocenters. The van der Waals surface area contributed by atoms with Crippen molar-refractivity contribution in [3.63, 3.8) is 0 Å². The number of fused-ring (bicyclic) bond motifs is 5. The summed E-state index contributed by atoms with van der Waals surface area (Å²) < 4.78 is 4.74. The quantitative estimate of drug-likeness (QED) is 0.273. The highest BCUT2D eigenvalue weighted by atomic mass is 16.6. The fourth-order valence-corrected chi connectivity index (χ4v) is 3.35. The molecule has 0 amide bonds. The van der Waals surface area contributed by atoms with E-state index in [0.29, 0.717) is 11.1 Å². The maximum atomic E-state index is 12.0. The molecule has 0 bridgehead atoms. The summed E-state index contributed by atoms with van der Waals surface area (Å²) in [5, 5.41) is 6.16. The maximum Gasteiger partial charge on any atom is 0.347 e. The number of carbonyl (C=O) groups excluding carboxylic acids is 2. The minimum absolute atomic E-state index is 0.350. The summed E-state index contributed by atoms with van der Waals surface area (Å²) in [5.74, 6) is -1.12. The van der Waals surface area contributed by atoms with Gasteiger partial charge in [-0.2, -0.15) is 0 Å². The molecule has 108 valence electrons. The van der Waals surface area contributed by atoms with E-state index in [1.54, 1.807) is 6.07 Å². The van der Waals surface area contributed by atoms with Crippen LogP contribution in [0.1, 0.15) is 20.7 Å². The second-order valence-corrected chi connectivity index (χ2v) is 5.78. The SMILES string of the molecule is O=C1OC(=O)c2c1ccc1cc3cc4ccccc4cc3cc21. The third-order valence-corrected chi connectivity index (χ3v) is 4.45. The third-order valence-electron chi connectivity index (χ3n) is 4.45. The van der Waals surface area contributed by atoms with Gasteiger partial charge in [0.25, 0.3) is 0 Å². The molecule has 1 aliphatic heterocycles. The lowest BCUT2D eigenvalue weighted by Gasteiger charge is -2.07. The van der Waals surface area contributed by atoms with Crippen molar-refractivity contribution in [3.05, 3.63) is 71.8 Å². The maximum absolute atomic E-state index is 12.0. The van der Waals surface area contributed by atoms with Gasteiger partial charge in [0.15, 0.2) is 0 Å². The highest BCUT2D eigenvalue weighted by Crippen LogP contribution is 2.33. The molecule has 3 heteroatoms. The highest BCUT2D eigenvalue weighted by molar-refractivity contribution is 6.22. The number of ether oxygens (including phenoxy) is 1. The van der Waals surface area contributed by atoms with Gasteiger partial charge in [-0.25, -0.2) is 9.59 Å². The number of esters is 2. The molecule has 1 heterocycles. The Bertz CT molecular complexity index is 1170. The molecule has 0 fully saturated rings. The van der Waals surface area contributed by atoms with Gasteiger partial charge in [-0.3, -0.25) is 0 Å². The first-order valence-electron chi connectivity index (χ1n) is 7.36. The van der Waals surface area contributed by atoms with Gasteiger partial charge in [-0.15, -0.1) is 0 Å². The van der Waals surface area contributed by atoms with E-state index in [2.05, 4.69) is 24.3 Å². The first-order chi connectivity index (χ1) is 11.2. The average Bonchev–Trinajstić information content (AvgIpc) is 2.85. The van der Waals surface area contributed by atoms with E-state index in [0.717, 1.165) is 26.9 Å². The zero-order valence-corrected chi connectivity index (χ0v) is 12.0. The monoisotopic (exact) mass is 298 g/mol. The summed E-state index contributed by atoms with van der Waals surface area (Å²) in [6, 6.07) is 20.0. The van der Waals surface area contributed by atoms with E-state index in [1.165, 1.54) is 5.39 Å². The van der Waals surface area contributed by atoms with Crippen molar-refractivity contribution in [2.24, 2.45) is 0 Å². The molecule has 0 radical (unpaired) electrons. The Balaban J connectivity index is 1.94. The predicted molar refractivity (Wildman–Crippen MR) is 88.7 cm³/mol. The minimum atomic E-state index is -0.564. The van der Waals surface area contributed by atoms with Gasteiger partial charge in [0.1, 0.15) is 0 Å². The van der Waals surface area contributed by atoms with Crippen LogP contribution in [-0.4, -0.2) is 11.9 Å². The molecule has 23 heavy (non-hydrogen) atoms. The van der Waals surface area contributed by atoms with Crippen LogP contribution in [0.4, 0.5) is 0 Å².